The molecule has 0 saturated carbocycles. The Labute approximate surface area is 329 Å². The molecule has 298 valence electrons. The van der Waals surface area contributed by atoms with Crippen molar-refractivity contribution in [3.05, 3.63) is 65.9 Å². The zero-order valence-electron chi connectivity index (χ0n) is 32.7. The minimum Gasteiger partial charge on any atom is -0.488 e. The third kappa shape index (κ3) is 6.88. The summed E-state index contributed by atoms with van der Waals surface area (Å²) >= 11 is 0. The fourth-order valence-corrected chi connectivity index (χ4v) is 8.67. The molecule has 8 rings (SSSR count). The number of hydrogen-bond acceptors (Lipinski definition) is 8. The van der Waals surface area contributed by atoms with Crippen molar-refractivity contribution in [3.63, 3.8) is 0 Å². The number of H-pyrrole nitrogens is 2. The molecule has 15 heteroatoms. The van der Waals surface area contributed by atoms with Crippen LogP contribution in [0, 0.1) is 11.8 Å². The Hall–Kier alpha value is -6.12. The van der Waals surface area contributed by atoms with Gasteiger partial charge in [0.15, 0.2) is 0 Å². The summed E-state index contributed by atoms with van der Waals surface area (Å²) in [7, 11) is 1.29. The maximum atomic E-state index is 13.7. The van der Waals surface area contributed by atoms with Crippen LogP contribution in [0.3, 0.4) is 0 Å². The predicted octanol–water partition coefficient (Wildman–Crippen LogP) is 6.67. The van der Waals surface area contributed by atoms with Gasteiger partial charge in [-0.15, -0.1) is 0 Å². The van der Waals surface area contributed by atoms with Crippen molar-refractivity contribution < 1.29 is 33.8 Å². The summed E-state index contributed by atoms with van der Waals surface area (Å²) in [6, 6.07) is 12.4. The highest BCUT2D eigenvalue weighted by molar-refractivity contribution is 6.09. The quantitative estimate of drug-likeness (QED) is 0.109. The van der Waals surface area contributed by atoms with Crippen LogP contribution >= 0.6 is 0 Å². The standard InChI is InChI=1S/C42H48N8O7/c1-21(2)33(47-41(53)54)39(51)49-16-6-8-31(49)37-43-19-30(45-37)23-10-11-25-24(18-23)20-57-36-27(25)13-12-26-28(36)14-15-29-35(26)46-38(44-29)32-9-7-17-50(32)40(52)34(22(3)4)48-42(55)56-5/h10-15,18-19,21-22,31-34,47H,6-9,16-17,20H2,1-5H3,(H,43,45)(H,44,46)(H,48,55)(H,53,54)/t31-,32+,33+,34+/m1/s1. The Kier molecular flexibility index (Phi) is 10.0. The number of aromatic nitrogens is 4. The molecule has 15 nitrogen and oxygen atoms in total. The van der Waals surface area contributed by atoms with Crippen molar-refractivity contribution in [2.75, 3.05) is 20.2 Å². The highest BCUT2D eigenvalue weighted by atomic mass is 16.5. The Bertz CT molecular complexity index is 2380. The van der Waals surface area contributed by atoms with E-state index >= 15 is 0 Å². The van der Waals surface area contributed by atoms with Crippen molar-refractivity contribution in [2.24, 2.45) is 11.8 Å². The lowest BCUT2D eigenvalue weighted by atomic mass is 9.92. The lowest BCUT2D eigenvalue weighted by Gasteiger charge is -2.29. The number of carbonyl (C=O) groups is 4. The second-order valence-electron chi connectivity index (χ2n) is 15.9. The molecule has 5 aromatic rings. The lowest BCUT2D eigenvalue weighted by Crippen LogP contribution is -2.51. The van der Waals surface area contributed by atoms with E-state index in [0.717, 1.165) is 81.2 Å². The SMILES string of the molecule is COC(=O)N[C@H](C(=O)N1CCC[C@H]1c1nc2c(ccc3c4c(ccc32)-c2ccc(-c3cnc([C@H]5CCCN5C(=O)[C@@H](NC(=O)O)C(C)C)[nH]3)cc2CO4)[nH]1)C(C)C. The molecule has 0 aliphatic carbocycles. The number of imidazole rings is 2. The summed E-state index contributed by atoms with van der Waals surface area (Å²) in [5.74, 6) is 1.46. The number of fused-ring (bicyclic) bond motifs is 7. The molecular weight excluding hydrogens is 729 g/mol. The molecule has 57 heavy (non-hydrogen) atoms. The van der Waals surface area contributed by atoms with Gasteiger partial charge in [-0.05, 0) is 78.5 Å². The van der Waals surface area contributed by atoms with E-state index in [1.807, 2.05) is 38.7 Å². The molecule has 0 bridgehead atoms. The van der Waals surface area contributed by atoms with Crippen LogP contribution in [-0.4, -0.2) is 91.1 Å². The van der Waals surface area contributed by atoms with Gasteiger partial charge in [-0.25, -0.2) is 19.6 Å². The van der Waals surface area contributed by atoms with Gasteiger partial charge in [0.05, 0.1) is 42.1 Å². The monoisotopic (exact) mass is 776 g/mol. The van der Waals surface area contributed by atoms with E-state index in [0.29, 0.717) is 31.3 Å². The molecule has 0 unspecified atom stereocenters. The highest BCUT2D eigenvalue weighted by Crippen LogP contribution is 2.45. The summed E-state index contributed by atoms with van der Waals surface area (Å²) in [4.78, 5) is 70.9. The number of rotatable bonds is 9. The van der Waals surface area contributed by atoms with Gasteiger partial charge in [0.1, 0.15) is 36.1 Å². The Morgan fingerprint density at radius 3 is 2.16 bits per heavy atom. The van der Waals surface area contributed by atoms with Crippen LogP contribution in [0.5, 0.6) is 5.75 Å². The van der Waals surface area contributed by atoms with Crippen molar-refractivity contribution in [2.45, 2.75) is 84.2 Å². The van der Waals surface area contributed by atoms with Crippen molar-refractivity contribution in [3.8, 4) is 28.1 Å². The summed E-state index contributed by atoms with van der Waals surface area (Å²) in [5.41, 5.74) is 6.51. The van der Waals surface area contributed by atoms with Crippen LogP contribution in [0.4, 0.5) is 9.59 Å². The molecule has 3 aliphatic heterocycles. The Morgan fingerprint density at radius 2 is 1.49 bits per heavy atom. The van der Waals surface area contributed by atoms with E-state index in [-0.39, 0.29) is 35.7 Å². The topological polar surface area (TPSA) is 195 Å². The third-order valence-corrected chi connectivity index (χ3v) is 11.6. The van der Waals surface area contributed by atoms with E-state index in [4.69, 9.17) is 14.5 Å². The van der Waals surface area contributed by atoms with Crippen LogP contribution in [0.25, 0.3) is 44.2 Å². The molecule has 2 saturated heterocycles. The minimum absolute atomic E-state index is 0.125. The zero-order valence-corrected chi connectivity index (χ0v) is 32.7. The van der Waals surface area contributed by atoms with Gasteiger partial charge in [-0.1, -0.05) is 45.9 Å². The number of benzene rings is 3. The van der Waals surface area contributed by atoms with Crippen molar-refractivity contribution in [1.29, 1.82) is 0 Å². The van der Waals surface area contributed by atoms with Gasteiger partial charge in [0.25, 0.3) is 0 Å². The summed E-state index contributed by atoms with van der Waals surface area (Å²) in [5, 5.41) is 16.3. The number of carboxylic acid groups (broad SMARTS) is 1. The smallest absolute Gasteiger partial charge is 0.407 e. The number of methoxy groups -OCH3 is 1. The van der Waals surface area contributed by atoms with Crippen LogP contribution in [0.2, 0.25) is 0 Å². The average molecular weight is 777 g/mol. The number of nitrogens with one attached hydrogen (secondary N) is 4. The fourth-order valence-electron chi connectivity index (χ4n) is 8.67. The van der Waals surface area contributed by atoms with Crippen LogP contribution in [0.1, 0.15) is 82.7 Å². The highest BCUT2D eigenvalue weighted by Gasteiger charge is 2.39. The second kappa shape index (κ2) is 15.1. The molecule has 4 amide bonds. The maximum Gasteiger partial charge on any atom is 0.407 e. The summed E-state index contributed by atoms with van der Waals surface area (Å²) < 4.78 is 11.3. The van der Waals surface area contributed by atoms with Gasteiger partial charge >= 0.3 is 12.2 Å². The molecule has 3 aromatic carbocycles. The molecule has 5 heterocycles. The molecular formula is C42H48N8O7. The number of alkyl carbamates (subject to hydrolysis) is 1. The Balaban J connectivity index is 1.04. The van der Waals surface area contributed by atoms with Gasteiger partial charge in [-0.2, -0.15) is 0 Å². The van der Waals surface area contributed by atoms with Gasteiger partial charge in [-0.3, -0.25) is 9.59 Å². The molecule has 0 spiro atoms. The first-order valence-electron chi connectivity index (χ1n) is 19.6. The van der Waals surface area contributed by atoms with E-state index < -0.39 is 24.3 Å². The third-order valence-electron chi connectivity index (χ3n) is 11.6. The number of nitrogens with zero attached hydrogens (tertiary/aromatic N) is 4. The van der Waals surface area contributed by atoms with Crippen molar-refractivity contribution >= 4 is 45.8 Å². The number of ether oxygens (including phenoxy) is 2. The predicted molar refractivity (Wildman–Crippen MR) is 212 cm³/mol. The van der Waals surface area contributed by atoms with E-state index in [1.165, 1.54) is 7.11 Å². The van der Waals surface area contributed by atoms with Crippen molar-refractivity contribution in [1.82, 2.24) is 40.4 Å². The first kappa shape index (κ1) is 37.8. The van der Waals surface area contributed by atoms with E-state index in [2.05, 4.69) is 62.0 Å². The number of carbonyl (C=O) groups excluding carboxylic acids is 3. The van der Waals surface area contributed by atoms with E-state index in [9.17, 15) is 24.3 Å². The number of amides is 4. The van der Waals surface area contributed by atoms with Crippen LogP contribution in [-0.2, 0) is 20.9 Å². The maximum absolute atomic E-state index is 13.7. The zero-order chi connectivity index (χ0) is 40.1. The van der Waals surface area contributed by atoms with Gasteiger partial charge in [0, 0.05) is 29.4 Å². The van der Waals surface area contributed by atoms with Crippen LogP contribution in [0.15, 0.2) is 48.7 Å². The first-order valence-corrected chi connectivity index (χ1v) is 19.6. The molecule has 4 atom stereocenters. The number of aromatic amines is 2. The van der Waals surface area contributed by atoms with Gasteiger partial charge in [0.2, 0.25) is 11.8 Å². The Morgan fingerprint density at radius 1 is 0.842 bits per heavy atom. The fraction of sp³-hybridized carbons (Fsp3) is 0.429. The van der Waals surface area contributed by atoms with Gasteiger partial charge < -0.3 is 45.0 Å². The first-order chi connectivity index (χ1) is 27.4. The minimum atomic E-state index is -1.22. The average Bonchev–Trinajstić information content (AvgIpc) is 4.03. The second-order valence-corrected chi connectivity index (χ2v) is 15.9. The number of hydrogen-bond donors (Lipinski definition) is 5. The molecule has 3 aliphatic rings. The largest absolute Gasteiger partial charge is 0.488 e. The normalized spacial score (nSPS) is 18.7. The molecule has 2 aromatic heterocycles. The summed E-state index contributed by atoms with van der Waals surface area (Å²) in [6.07, 6.45) is 3.05. The van der Waals surface area contributed by atoms with Crippen LogP contribution < -0.4 is 15.4 Å². The summed E-state index contributed by atoms with van der Waals surface area (Å²) in [6.45, 7) is 8.94. The lowest BCUT2D eigenvalue weighted by molar-refractivity contribution is -0.136. The van der Waals surface area contributed by atoms with E-state index in [1.54, 1.807) is 11.1 Å². The molecule has 5 N–H and O–H groups in total. The molecule has 2 fully saturated rings. The number of likely N-dealkylation sites (tertiary alicyclic amines) is 2. The molecule has 0 radical (unpaired) electrons.